The van der Waals surface area contributed by atoms with Crippen molar-refractivity contribution in [3.05, 3.63) is 64.0 Å². The van der Waals surface area contributed by atoms with Crippen LogP contribution in [0.2, 0.25) is 0 Å². The largest absolute Gasteiger partial charge is 0.465 e. The lowest BCUT2D eigenvalue weighted by atomic mass is 10.1. The standard InChI is InChI=1S/C16H17N3O4/c1-18(10-8-12-5-3-4-9-17-12)13-6-7-15(19(21)22)14(11-13)16(20)23-2/h3-7,9,11H,8,10H2,1-2H3. The number of benzene rings is 1. The second-order valence-corrected chi connectivity index (χ2v) is 4.94. The van der Waals surface area contributed by atoms with Crippen molar-refractivity contribution in [1.29, 1.82) is 0 Å². The Balaban J connectivity index is 2.18. The molecule has 0 saturated carbocycles. The maximum absolute atomic E-state index is 11.7. The summed E-state index contributed by atoms with van der Waals surface area (Å²) in [6, 6.07) is 10.1. The molecule has 2 aromatic rings. The molecule has 1 heterocycles. The van der Waals surface area contributed by atoms with Gasteiger partial charge < -0.3 is 9.64 Å². The van der Waals surface area contributed by atoms with Crippen molar-refractivity contribution >= 4 is 17.3 Å². The number of hydrogen-bond acceptors (Lipinski definition) is 6. The third-order valence-electron chi connectivity index (χ3n) is 3.45. The summed E-state index contributed by atoms with van der Waals surface area (Å²) in [6.45, 7) is 0.662. The topological polar surface area (TPSA) is 85.6 Å². The number of nitrogens with zero attached hydrogens (tertiary/aromatic N) is 3. The van der Waals surface area contributed by atoms with E-state index in [-0.39, 0.29) is 11.3 Å². The Bertz CT molecular complexity index is 704. The lowest BCUT2D eigenvalue weighted by Crippen LogP contribution is -2.21. The monoisotopic (exact) mass is 315 g/mol. The fraction of sp³-hybridized carbons (Fsp3) is 0.250. The maximum atomic E-state index is 11.7. The van der Waals surface area contributed by atoms with Crippen molar-refractivity contribution in [2.24, 2.45) is 0 Å². The van der Waals surface area contributed by atoms with Crippen LogP contribution in [-0.4, -0.2) is 36.6 Å². The minimum absolute atomic E-state index is 0.0558. The maximum Gasteiger partial charge on any atom is 0.344 e. The number of nitro benzene ring substituents is 1. The van der Waals surface area contributed by atoms with Gasteiger partial charge in [0.2, 0.25) is 0 Å². The molecule has 7 nitrogen and oxygen atoms in total. The van der Waals surface area contributed by atoms with E-state index in [1.165, 1.54) is 19.2 Å². The van der Waals surface area contributed by atoms with Crippen LogP contribution in [0.15, 0.2) is 42.6 Å². The fourth-order valence-electron chi connectivity index (χ4n) is 2.15. The second-order valence-electron chi connectivity index (χ2n) is 4.94. The molecule has 0 aliphatic heterocycles. The number of ether oxygens (including phenoxy) is 1. The van der Waals surface area contributed by atoms with Gasteiger partial charge in [0.25, 0.3) is 5.69 Å². The van der Waals surface area contributed by atoms with E-state index in [1.54, 1.807) is 12.3 Å². The van der Waals surface area contributed by atoms with Gasteiger partial charge in [-0.1, -0.05) is 6.07 Å². The van der Waals surface area contributed by atoms with Gasteiger partial charge in [0, 0.05) is 43.7 Å². The number of hydrogen-bond donors (Lipinski definition) is 0. The third-order valence-corrected chi connectivity index (χ3v) is 3.45. The first-order valence-electron chi connectivity index (χ1n) is 7.00. The number of likely N-dealkylation sites (N-methyl/N-ethyl adjacent to an activating group) is 1. The molecule has 0 radical (unpaired) electrons. The molecule has 0 aliphatic carbocycles. The molecular formula is C16H17N3O4. The molecule has 2 rings (SSSR count). The highest BCUT2D eigenvalue weighted by Gasteiger charge is 2.22. The van der Waals surface area contributed by atoms with E-state index in [9.17, 15) is 14.9 Å². The zero-order valence-corrected chi connectivity index (χ0v) is 12.9. The molecule has 120 valence electrons. The van der Waals surface area contributed by atoms with E-state index in [0.29, 0.717) is 12.2 Å². The summed E-state index contributed by atoms with van der Waals surface area (Å²) in [5, 5.41) is 11.0. The highest BCUT2D eigenvalue weighted by Crippen LogP contribution is 2.25. The zero-order chi connectivity index (χ0) is 16.8. The van der Waals surface area contributed by atoms with Gasteiger partial charge in [0.1, 0.15) is 5.56 Å². The number of methoxy groups -OCH3 is 1. The summed E-state index contributed by atoms with van der Waals surface area (Å²) in [5.74, 6) is -0.725. The van der Waals surface area contributed by atoms with Crippen molar-refractivity contribution in [3.63, 3.8) is 0 Å². The summed E-state index contributed by atoms with van der Waals surface area (Å²) >= 11 is 0. The van der Waals surface area contributed by atoms with E-state index >= 15 is 0 Å². The van der Waals surface area contributed by atoms with Gasteiger partial charge in [-0.15, -0.1) is 0 Å². The predicted molar refractivity (Wildman–Crippen MR) is 85.6 cm³/mol. The van der Waals surface area contributed by atoms with Crippen LogP contribution in [0.4, 0.5) is 11.4 Å². The SMILES string of the molecule is COC(=O)c1cc(N(C)CCc2ccccn2)ccc1[N+](=O)[O-]. The Kier molecular flexibility index (Phi) is 5.24. The molecule has 0 saturated heterocycles. The van der Waals surface area contributed by atoms with Crippen LogP contribution >= 0.6 is 0 Å². The molecule has 23 heavy (non-hydrogen) atoms. The molecule has 0 fully saturated rings. The van der Waals surface area contributed by atoms with Gasteiger partial charge >= 0.3 is 5.97 Å². The summed E-state index contributed by atoms with van der Waals surface area (Å²) in [7, 11) is 3.05. The van der Waals surface area contributed by atoms with Crippen LogP contribution < -0.4 is 4.90 Å². The van der Waals surface area contributed by atoms with Crippen LogP contribution in [0.5, 0.6) is 0 Å². The van der Waals surface area contributed by atoms with Gasteiger partial charge in [0.15, 0.2) is 0 Å². The third kappa shape index (κ3) is 4.03. The molecule has 0 aliphatic rings. The summed E-state index contributed by atoms with van der Waals surface area (Å²) in [4.78, 5) is 28.3. The molecule has 1 aromatic heterocycles. The first-order chi connectivity index (χ1) is 11.0. The van der Waals surface area contributed by atoms with Crippen LogP contribution in [0.1, 0.15) is 16.1 Å². The smallest absolute Gasteiger partial charge is 0.344 e. The molecule has 1 aromatic carbocycles. The van der Waals surface area contributed by atoms with Crippen LogP contribution in [0.3, 0.4) is 0 Å². The van der Waals surface area contributed by atoms with Crippen molar-refractivity contribution in [3.8, 4) is 0 Å². The number of nitro groups is 1. The first-order valence-corrected chi connectivity index (χ1v) is 7.00. The summed E-state index contributed by atoms with van der Waals surface area (Å²) in [6.07, 6.45) is 2.46. The Morgan fingerprint density at radius 3 is 2.74 bits per heavy atom. The Morgan fingerprint density at radius 1 is 1.35 bits per heavy atom. The number of esters is 1. The lowest BCUT2D eigenvalue weighted by Gasteiger charge is -2.19. The zero-order valence-electron chi connectivity index (χ0n) is 12.9. The quantitative estimate of drug-likeness (QED) is 0.462. The van der Waals surface area contributed by atoms with Crippen LogP contribution in [-0.2, 0) is 11.2 Å². The van der Waals surface area contributed by atoms with E-state index in [4.69, 9.17) is 0 Å². The minimum atomic E-state index is -0.725. The Morgan fingerprint density at radius 2 is 2.13 bits per heavy atom. The van der Waals surface area contributed by atoms with E-state index in [1.807, 2.05) is 30.1 Å². The Labute approximate surface area is 133 Å². The number of carbonyl (C=O) groups is 1. The number of carbonyl (C=O) groups excluding carboxylic acids is 1. The molecule has 0 N–H and O–H groups in total. The molecule has 0 atom stereocenters. The van der Waals surface area contributed by atoms with Gasteiger partial charge in [-0.3, -0.25) is 15.1 Å². The van der Waals surface area contributed by atoms with Crippen molar-refractivity contribution in [2.45, 2.75) is 6.42 Å². The molecule has 0 amide bonds. The van der Waals surface area contributed by atoms with Crippen LogP contribution in [0.25, 0.3) is 0 Å². The number of aromatic nitrogens is 1. The van der Waals surface area contributed by atoms with Crippen molar-refractivity contribution < 1.29 is 14.5 Å². The van der Waals surface area contributed by atoms with Gasteiger partial charge in [-0.05, 0) is 24.3 Å². The van der Waals surface area contributed by atoms with E-state index in [2.05, 4.69) is 9.72 Å². The normalized spacial score (nSPS) is 10.2. The lowest BCUT2D eigenvalue weighted by molar-refractivity contribution is -0.385. The summed E-state index contributed by atoms with van der Waals surface area (Å²) in [5.41, 5.74) is 1.33. The van der Waals surface area contributed by atoms with Gasteiger partial charge in [-0.25, -0.2) is 4.79 Å². The molecule has 0 unspecified atom stereocenters. The summed E-state index contributed by atoms with van der Waals surface area (Å²) < 4.78 is 4.62. The minimum Gasteiger partial charge on any atom is -0.465 e. The second kappa shape index (κ2) is 7.35. The first kappa shape index (κ1) is 16.4. The van der Waals surface area contributed by atoms with Crippen molar-refractivity contribution in [2.75, 3.05) is 25.6 Å². The Hall–Kier alpha value is -2.96. The molecule has 0 bridgehead atoms. The fourth-order valence-corrected chi connectivity index (χ4v) is 2.15. The highest BCUT2D eigenvalue weighted by atomic mass is 16.6. The van der Waals surface area contributed by atoms with Crippen molar-refractivity contribution in [1.82, 2.24) is 4.98 Å². The molecule has 0 spiro atoms. The van der Waals surface area contributed by atoms with E-state index in [0.717, 1.165) is 12.1 Å². The van der Waals surface area contributed by atoms with Crippen LogP contribution in [0, 0.1) is 10.1 Å². The molecular weight excluding hydrogens is 298 g/mol. The number of pyridine rings is 1. The number of anilines is 1. The molecule has 7 heteroatoms. The average Bonchev–Trinajstić information content (AvgIpc) is 2.59. The van der Waals surface area contributed by atoms with Gasteiger partial charge in [0.05, 0.1) is 12.0 Å². The van der Waals surface area contributed by atoms with Gasteiger partial charge in [-0.2, -0.15) is 0 Å². The highest BCUT2D eigenvalue weighted by molar-refractivity contribution is 5.95. The number of rotatable bonds is 6. The average molecular weight is 315 g/mol. The predicted octanol–water partition coefficient (Wildman–Crippen LogP) is 2.46. The van der Waals surface area contributed by atoms with E-state index < -0.39 is 10.9 Å².